The molecule has 1 aromatic rings. The Morgan fingerprint density at radius 2 is 2.24 bits per heavy atom. The van der Waals surface area contributed by atoms with Crippen molar-refractivity contribution >= 4 is 0 Å². The molecule has 2 unspecified atom stereocenters. The molecular formula is C17H29N3O. The van der Waals surface area contributed by atoms with Crippen LogP contribution in [-0.2, 0) is 11.3 Å². The van der Waals surface area contributed by atoms with Gasteiger partial charge in [0.05, 0.1) is 12.3 Å². The summed E-state index contributed by atoms with van der Waals surface area (Å²) >= 11 is 0. The summed E-state index contributed by atoms with van der Waals surface area (Å²) in [5, 5.41) is 3.61. The number of hydrogen-bond acceptors (Lipinski definition) is 4. The number of nitrogens with zero attached hydrogens (tertiary/aromatic N) is 2. The van der Waals surface area contributed by atoms with Crippen molar-refractivity contribution in [3.8, 4) is 0 Å². The molecule has 4 heteroatoms. The summed E-state index contributed by atoms with van der Waals surface area (Å²) < 4.78 is 5.69. The lowest BCUT2D eigenvalue weighted by Gasteiger charge is -2.35. The molecule has 118 valence electrons. The second-order valence-corrected chi connectivity index (χ2v) is 5.89. The normalized spacial score (nSPS) is 22.7. The summed E-state index contributed by atoms with van der Waals surface area (Å²) in [7, 11) is 0. The van der Waals surface area contributed by atoms with Gasteiger partial charge in [-0.1, -0.05) is 19.9 Å². The first-order valence-corrected chi connectivity index (χ1v) is 8.19. The zero-order valence-corrected chi connectivity index (χ0v) is 13.6. The van der Waals surface area contributed by atoms with Crippen LogP contribution in [0.4, 0.5) is 0 Å². The molecule has 0 spiro atoms. The Hall–Kier alpha value is -0.970. The number of ether oxygens (including phenoxy) is 1. The van der Waals surface area contributed by atoms with E-state index in [4.69, 9.17) is 4.74 Å². The molecule has 0 aliphatic carbocycles. The monoisotopic (exact) mass is 291 g/mol. The number of aromatic nitrogens is 1. The molecule has 0 aromatic carbocycles. The molecule has 0 amide bonds. The first kappa shape index (κ1) is 16.4. The number of rotatable bonds is 7. The second kappa shape index (κ2) is 8.47. The SMILES string of the molecule is CCNC1CCOCC1CN(CC)Cc1cccc(C)n1. The number of pyridine rings is 1. The topological polar surface area (TPSA) is 37.4 Å². The molecule has 0 bridgehead atoms. The molecule has 1 N–H and O–H groups in total. The maximum absolute atomic E-state index is 5.69. The Morgan fingerprint density at radius 1 is 1.38 bits per heavy atom. The quantitative estimate of drug-likeness (QED) is 0.836. The summed E-state index contributed by atoms with van der Waals surface area (Å²) in [6, 6.07) is 6.85. The summed E-state index contributed by atoms with van der Waals surface area (Å²) in [4.78, 5) is 7.10. The van der Waals surface area contributed by atoms with Crippen LogP contribution in [0, 0.1) is 12.8 Å². The van der Waals surface area contributed by atoms with Crippen molar-refractivity contribution in [3.63, 3.8) is 0 Å². The van der Waals surface area contributed by atoms with E-state index in [9.17, 15) is 0 Å². The number of aryl methyl sites for hydroxylation is 1. The molecule has 0 radical (unpaired) electrons. The van der Waals surface area contributed by atoms with Crippen molar-refractivity contribution in [2.45, 2.75) is 39.8 Å². The van der Waals surface area contributed by atoms with Gasteiger partial charge in [0.2, 0.25) is 0 Å². The third-order valence-electron chi connectivity index (χ3n) is 4.21. The third kappa shape index (κ3) is 5.06. The zero-order valence-electron chi connectivity index (χ0n) is 13.6. The molecule has 0 saturated carbocycles. The van der Waals surface area contributed by atoms with Gasteiger partial charge < -0.3 is 10.1 Å². The number of nitrogens with one attached hydrogen (secondary N) is 1. The van der Waals surface area contributed by atoms with Crippen molar-refractivity contribution < 1.29 is 4.74 Å². The standard InChI is InChI=1S/C17H29N3O/c1-4-18-17-9-10-21-13-15(17)11-20(5-2)12-16-8-6-7-14(3)19-16/h6-8,15,17-18H,4-5,9-13H2,1-3H3. The minimum atomic E-state index is 0.573. The van der Waals surface area contributed by atoms with Crippen molar-refractivity contribution in [3.05, 3.63) is 29.6 Å². The van der Waals surface area contributed by atoms with Gasteiger partial charge in [-0.15, -0.1) is 0 Å². The maximum Gasteiger partial charge on any atom is 0.0547 e. The largest absolute Gasteiger partial charge is 0.381 e. The Bertz CT molecular complexity index is 422. The minimum absolute atomic E-state index is 0.573. The molecule has 1 fully saturated rings. The van der Waals surface area contributed by atoms with Crippen molar-refractivity contribution in [1.82, 2.24) is 15.2 Å². The zero-order chi connectivity index (χ0) is 15.1. The van der Waals surface area contributed by atoms with Gasteiger partial charge in [0.15, 0.2) is 0 Å². The van der Waals surface area contributed by atoms with Gasteiger partial charge in [-0.3, -0.25) is 9.88 Å². The molecule has 21 heavy (non-hydrogen) atoms. The van der Waals surface area contributed by atoms with E-state index < -0.39 is 0 Å². The first-order valence-electron chi connectivity index (χ1n) is 8.19. The minimum Gasteiger partial charge on any atom is -0.381 e. The maximum atomic E-state index is 5.69. The summed E-state index contributed by atoms with van der Waals surface area (Å²) in [6.45, 7) is 12.3. The van der Waals surface area contributed by atoms with E-state index in [1.165, 1.54) is 0 Å². The van der Waals surface area contributed by atoms with Crippen molar-refractivity contribution in [2.75, 3.05) is 32.8 Å². The smallest absolute Gasteiger partial charge is 0.0547 e. The molecule has 4 nitrogen and oxygen atoms in total. The van der Waals surface area contributed by atoms with Gasteiger partial charge in [-0.2, -0.15) is 0 Å². The lowest BCUT2D eigenvalue weighted by Crippen LogP contribution is -2.47. The van der Waals surface area contributed by atoms with E-state index in [0.717, 1.165) is 57.2 Å². The Morgan fingerprint density at radius 3 is 2.95 bits per heavy atom. The fraction of sp³-hybridized carbons (Fsp3) is 0.706. The van der Waals surface area contributed by atoms with Crippen LogP contribution < -0.4 is 5.32 Å². The molecule has 1 aliphatic heterocycles. The lowest BCUT2D eigenvalue weighted by molar-refractivity contribution is 0.0164. The van der Waals surface area contributed by atoms with E-state index in [0.29, 0.717) is 12.0 Å². The van der Waals surface area contributed by atoms with E-state index in [1.54, 1.807) is 0 Å². The summed E-state index contributed by atoms with van der Waals surface area (Å²) in [5.41, 5.74) is 2.25. The van der Waals surface area contributed by atoms with E-state index in [2.05, 4.69) is 54.2 Å². The van der Waals surface area contributed by atoms with Crippen LogP contribution in [0.2, 0.25) is 0 Å². The van der Waals surface area contributed by atoms with E-state index >= 15 is 0 Å². The Labute approximate surface area is 128 Å². The summed E-state index contributed by atoms with van der Waals surface area (Å²) in [6.07, 6.45) is 1.12. The van der Waals surface area contributed by atoms with Gasteiger partial charge in [0.25, 0.3) is 0 Å². The average molecular weight is 291 g/mol. The predicted molar refractivity (Wildman–Crippen MR) is 86.3 cm³/mol. The highest BCUT2D eigenvalue weighted by Gasteiger charge is 2.26. The van der Waals surface area contributed by atoms with Crippen molar-refractivity contribution in [2.24, 2.45) is 5.92 Å². The molecule has 2 atom stereocenters. The molecule has 1 saturated heterocycles. The van der Waals surface area contributed by atoms with Crippen LogP contribution in [0.1, 0.15) is 31.7 Å². The van der Waals surface area contributed by atoms with Crippen LogP contribution in [0.25, 0.3) is 0 Å². The second-order valence-electron chi connectivity index (χ2n) is 5.89. The molecule has 1 aliphatic rings. The Balaban J connectivity index is 1.94. The van der Waals surface area contributed by atoms with Crippen LogP contribution in [0.15, 0.2) is 18.2 Å². The first-order chi connectivity index (χ1) is 10.2. The van der Waals surface area contributed by atoms with Gasteiger partial charge >= 0.3 is 0 Å². The van der Waals surface area contributed by atoms with E-state index in [-0.39, 0.29) is 0 Å². The van der Waals surface area contributed by atoms with Crippen LogP contribution >= 0.6 is 0 Å². The van der Waals surface area contributed by atoms with Gasteiger partial charge in [-0.05, 0) is 38.6 Å². The molecule has 2 heterocycles. The number of hydrogen-bond donors (Lipinski definition) is 1. The van der Waals surface area contributed by atoms with Gasteiger partial charge in [0.1, 0.15) is 0 Å². The molecule has 1 aromatic heterocycles. The van der Waals surface area contributed by atoms with Gasteiger partial charge in [0, 0.05) is 37.4 Å². The predicted octanol–water partition coefficient (Wildman–Crippen LogP) is 2.23. The van der Waals surface area contributed by atoms with E-state index in [1.807, 2.05) is 0 Å². The fourth-order valence-electron chi connectivity index (χ4n) is 3.06. The summed E-state index contributed by atoms with van der Waals surface area (Å²) in [5.74, 6) is 0.573. The third-order valence-corrected chi connectivity index (χ3v) is 4.21. The van der Waals surface area contributed by atoms with Crippen molar-refractivity contribution in [1.29, 1.82) is 0 Å². The fourth-order valence-corrected chi connectivity index (χ4v) is 3.06. The molecule has 2 rings (SSSR count). The Kier molecular flexibility index (Phi) is 6.61. The average Bonchev–Trinajstić information content (AvgIpc) is 2.49. The van der Waals surface area contributed by atoms with Gasteiger partial charge in [-0.25, -0.2) is 0 Å². The highest BCUT2D eigenvalue weighted by atomic mass is 16.5. The van der Waals surface area contributed by atoms with Crippen LogP contribution in [0.3, 0.4) is 0 Å². The van der Waals surface area contributed by atoms with Crippen LogP contribution in [-0.4, -0.2) is 48.8 Å². The lowest BCUT2D eigenvalue weighted by atomic mass is 9.95. The molecular weight excluding hydrogens is 262 g/mol. The highest BCUT2D eigenvalue weighted by molar-refractivity contribution is 5.09. The highest BCUT2D eigenvalue weighted by Crippen LogP contribution is 2.17. The van der Waals surface area contributed by atoms with Crippen LogP contribution in [0.5, 0.6) is 0 Å².